The zero-order valence-electron chi connectivity index (χ0n) is 17.0. The van der Waals surface area contributed by atoms with Gasteiger partial charge in [-0.25, -0.2) is 12.8 Å². The summed E-state index contributed by atoms with van der Waals surface area (Å²) in [5.74, 6) is -1.10. The number of rotatable bonds is 4. The third kappa shape index (κ3) is 3.74. The lowest BCUT2D eigenvalue weighted by molar-refractivity contribution is -0.123. The zero-order chi connectivity index (χ0) is 21.4. The van der Waals surface area contributed by atoms with Crippen molar-refractivity contribution in [1.29, 1.82) is 0 Å². The second kappa shape index (κ2) is 8.07. The minimum absolute atomic E-state index is 0.122. The van der Waals surface area contributed by atoms with Crippen LogP contribution in [0.25, 0.3) is 0 Å². The van der Waals surface area contributed by atoms with Crippen LogP contribution in [-0.2, 0) is 14.8 Å². The Morgan fingerprint density at radius 1 is 1.20 bits per heavy atom. The van der Waals surface area contributed by atoms with E-state index in [1.54, 1.807) is 25.1 Å². The first-order valence-corrected chi connectivity index (χ1v) is 11.7. The van der Waals surface area contributed by atoms with E-state index in [9.17, 15) is 17.6 Å². The number of pyridine rings is 1. The van der Waals surface area contributed by atoms with Crippen molar-refractivity contribution in [2.24, 2.45) is 11.3 Å². The first kappa shape index (κ1) is 20.9. The molecule has 160 valence electrons. The van der Waals surface area contributed by atoms with Gasteiger partial charge in [0, 0.05) is 36.7 Å². The number of hydrogen-bond acceptors (Lipinski definition) is 4. The summed E-state index contributed by atoms with van der Waals surface area (Å²) < 4.78 is 41.7. The van der Waals surface area contributed by atoms with Crippen LogP contribution in [0.15, 0.2) is 47.6 Å². The number of amides is 1. The molecular weight excluding hydrogens is 405 g/mol. The van der Waals surface area contributed by atoms with Gasteiger partial charge >= 0.3 is 0 Å². The van der Waals surface area contributed by atoms with Crippen molar-refractivity contribution >= 4 is 21.6 Å². The highest BCUT2D eigenvalue weighted by Crippen LogP contribution is 2.49. The van der Waals surface area contributed by atoms with E-state index in [2.05, 4.69) is 10.3 Å². The van der Waals surface area contributed by atoms with Gasteiger partial charge in [0.25, 0.3) is 0 Å². The van der Waals surface area contributed by atoms with E-state index in [-0.39, 0.29) is 23.2 Å². The average Bonchev–Trinajstić information content (AvgIpc) is 3.12. The lowest BCUT2D eigenvalue weighted by atomic mass is 9.67. The molecular formula is C22H26FN3O3S. The number of anilines is 1. The smallest absolute Gasteiger partial charge is 0.244 e. The van der Waals surface area contributed by atoms with Gasteiger partial charge in [-0.05, 0) is 49.4 Å². The summed E-state index contributed by atoms with van der Waals surface area (Å²) in [6.07, 6.45) is 7.54. The van der Waals surface area contributed by atoms with Gasteiger partial charge in [-0.3, -0.25) is 9.78 Å². The van der Waals surface area contributed by atoms with Gasteiger partial charge in [0.2, 0.25) is 15.9 Å². The van der Waals surface area contributed by atoms with Crippen LogP contribution in [0.5, 0.6) is 0 Å². The van der Waals surface area contributed by atoms with Gasteiger partial charge in [0.1, 0.15) is 10.7 Å². The van der Waals surface area contributed by atoms with Gasteiger partial charge < -0.3 is 5.32 Å². The van der Waals surface area contributed by atoms with E-state index in [4.69, 9.17) is 0 Å². The Labute approximate surface area is 176 Å². The quantitative estimate of drug-likeness (QED) is 0.800. The molecule has 1 atom stereocenters. The number of sulfonamides is 1. The number of aromatic nitrogens is 1. The highest BCUT2D eigenvalue weighted by atomic mass is 32.2. The van der Waals surface area contributed by atoms with Crippen LogP contribution >= 0.6 is 0 Å². The second-order valence-electron chi connectivity index (χ2n) is 8.36. The number of hydrogen-bond donors (Lipinski definition) is 1. The van der Waals surface area contributed by atoms with Crippen molar-refractivity contribution in [2.45, 2.75) is 43.9 Å². The molecule has 1 aliphatic carbocycles. The van der Waals surface area contributed by atoms with Crippen molar-refractivity contribution in [3.8, 4) is 0 Å². The van der Waals surface area contributed by atoms with Gasteiger partial charge in [0.05, 0.1) is 5.92 Å². The first-order chi connectivity index (χ1) is 14.3. The molecule has 2 fully saturated rings. The predicted octanol–water partition coefficient (Wildman–Crippen LogP) is 3.74. The molecule has 0 bridgehead atoms. The maximum absolute atomic E-state index is 13.9. The molecule has 30 heavy (non-hydrogen) atoms. The van der Waals surface area contributed by atoms with Crippen LogP contribution in [0.2, 0.25) is 0 Å². The maximum atomic E-state index is 13.9. The fraction of sp³-hybridized carbons (Fsp3) is 0.455. The minimum atomic E-state index is -3.74. The molecule has 0 radical (unpaired) electrons. The molecule has 1 aromatic carbocycles. The Hall–Kier alpha value is -2.32. The monoisotopic (exact) mass is 431 g/mol. The summed E-state index contributed by atoms with van der Waals surface area (Å²) in [4.78, 5) is 17.4. The van der Waals surface area contributed by atoms with E-state index < -0.39 is 21.4 Å². The molecule has 6 nitrogen and oxygen atoms in total. The Kier molecular flexibility index (Phi) is 5.63. The molecule has 8 heteroatoms. The number of nitrogens with one attached hydrogen (secondary N) is 1. The molecule has 1 aromatic heterocycles. The van der Waals surface area contributed by atoms with Crippen molar-refractivity contribution in [2.75, 3.05) is 18.4 Å². The molecule has 1 spiro atoms. The number of carbonyl (C=O) groups excluding carboxylic acids is 1. The van der Waals surface area contributed by atoms with Crippen molar-refractivity contribution in [3.05, 3.63) is 54.1 Å². The average molecular weight is 432 g/mol. The molecule has 1 saturated heterocycles. The van der Waals surface area contributed by atoms with Gasteiger partial charge in [-0.2, -0.15) is 4.31 Å². The second-order valence-corrected chi connectivity index (χ2v) is 10.3. The van der Waals surface area contributed by atoms with Gasteiger partial charge in [0.15, 0.2) is 0 Å². The van der Waals surface area contributed by atoms with Crippen molar-refractivity contribution in [3.63, 3.8) is 0 Å². The van der Waals surface area contributed by atoms with E-state index in [0.717, 1.165) is 32.1 Å². The van der Waals surface area contributed by atoms with Gasteiger partial charge in [-0.15, -0.1) is 0 Å². The molecule has 1 aliphatic heterocycles. The fourth-order valence-electron chi connectivity index (χ4n) is 4.84. The van der Waals surface area contributed by atoms with E-state index >= 15 is 0 Å². The minimum Gasteiger partial charge on any atom is -0.325 e. The SMILES string of the molecule is Cc1c(F)cccc1NC(=O)C1CN(S(=O)(=O)c2cccnc2)CC12CCCCC2. The molecule has 1 unspecified atom stereocenters. The van der Waals surface area contributed by atoms with E-state index in [1.165, 1.54) is 28.8 Å². The highest BCUT2D eigenvalue weighted by molar-refractivity contribution is 7.89. The number of benzene rings is 1. The molecule has 1 N–H and O–H groups in total. The van der Waals surface area contributed by atoms with Crippen LogP contribution in [0.4, 0.5) is 10.1 Å². The Balaban J connectivity index is 1.63. The summed E-state index contributed by atoms with van der Waals surface area (Å²) in [6, 6.07) is 7.70. The molecule has 1 saturated carbocycles. The topological polar surface area (TPSA) is 79.4 Å². The van der Waals surface area contributed by atoms with Crippen LogP contribution in [0, 0.1) is 24.1 Å². The van der Waals surface area contributed by atoms with Crippen molar-refractivity contribution in [1.82, 2.24) is 9.29 Å². The van der Waals surface area contributed by atoms with Crippen LogP contribution in [0.3, 0.4) is 0 Å². The summed E-state index contributed by atoms with van der Waals surface area (Å²) in [5, 5.41) is 2.86. The van der Waals surface area contributed by atoms with E-state index in [1.807, 2.05) is 0 Å². The molecule has 4 rings (SSSR count). The van der Waals surface area contributed by atoms with Crippen LogP contribution < -0.4 is 5.32 Å². The summed E-state index contributed by atoms with van der Waals surface area (Å²) in [5.41, 5.74) is 0.416. The first-order valence-electron chi connectivity index (χ1n) is 10.3. The molecule has 2 heterocycles. The molecule has 1 amide bonds. The Bertz CT molecular complexity index is 1040. The summed E-state index contributed by atoms with van der Waals surface area (Å²) in [6.45, 7) is 2.07. The Morgan fingerprint density at radius 3 is 2.67 bits per heavy atom. The molecule has 2 aromatic rings. The highest BCUT2D eigenvalue weighted by Gasteiger charge is 2.53. The number of nitrogens with zero attached hydrogens (tertiary/aromatic N) is 2. The maximum Gasteiger partial charge on any atom is 0.244 e. The number of halogens is 1. The molecule has 2 aliphatic rings. The normalized spacial score (nSPS) is 21.6. The summed E-state index contributed by atoms with van der Waals surface area (Å²) >= 11 is 0. The third-order valence-corrected chi connectivity index (χ3v) is 8.38. The van der Waals surface area contributed by atoms with Crippen LogP contribution in [-0.4, -0.2) is 36.7 Å². The lowest BCUT2D eigenvalue weighted by Gasteiger charge is -2.37. The predicted molar refractivity (Wildman–Crippen MR) is 112 cm³/mol. The van der Waals surface area contributed by atoms with Crippen LogP contribution in [0.1, 0.15) is 37.7 Å². The van der Waals surface area contributed by atoms with Crippen molar-refractivity contribution < 1.29 is 17.6 Å². The van der Waals surface area contributed by atoms with E-state index in [0.29, 0.717) is 17.8 Å². The lowest BCUT2D eigenvalue weighted by Crippen LogP contribution is -2.39. The summed E-state index contributed by atoms with van der Waals surface area (Å²) in [7, 11) is -3.74. The largest absolute Gasteiger partial charge is 0.325 e. The Morgan fingerprint density at radius 2 is 1.97 bits per heavy atom. The van der Waals surface area contributed by atoms with Gasteiger partial charge in [-0.1, -0.05) is 25.3 Å². The number of carbonyl (C=O) groups is 1. The third-order valence-electron chi connectivity index (χ3n) is 6.58. The zero-order valence-corrected chi connectivity index (χ0v) is 17.8. The fourth-order valence-corrected chi connectivity index (χ4v) is 6.36. The standard InChI is InChI=1S/C22H26FN3O3S/c1-16-19(23)8-5-9-20(16)25-21(27)18-14-26(15-22(18)10-3-2-4-11-22)30(28,29)17-7-6-12-24-13-17/h5-9,12-13,18H,2-4,10-11,14-15H2,1H3,(H,25,27).